The van der Waals surface area contributed by atoms with Crippen molar-refractivity contribution in [1.29, 1.82) is 0 Å². The van der Waals surface area contributed by atoms with Crippen LogP contribution in [0.3, 0.4) is 0 Å². The van der Waals surface area contributed by atoms with Crippen LogP contribution in [0.2, 0.25) is 5.02 Å². The molecule has 1 aliphatic rings. The number of carbonyl (C=O) groups excluding carboxylic acids is 1. The van der Waals surface area contributed by atoms with Crippen molar-refractivity contribution in [2.45, 2.75) is 26.3 Å². The summed E-state index contributed by atoms with van der Waals surface area (Å²) in [4.78, 5) is 30.0. The molecule has 1 N–H and O–H groups in total. The minimum absolute atomic E-state index is 0.00617. The highest BCUT2D eigenvalue weighted by Crippen LogP contribution is 2.28. The Kier molecular flexibility index (Phi) is 6.48. The number of nitro benzene ring substituents is 1. The standard InChI is InChI=1S/C22H22ClN5O4/c1-14-18(7-4-8-19(14)28(30)31)24-22(29)15-9-11-27(12-10-15)13-20-25-21(26-32-20)16-5-2-3-6-17(16)23/h2-8,15H,9-13H2,1H3,(H,24,29). The van der Waals surface area contributed by atoms with Crippen molar-refractivity contribution in [1.82, 2.24) is 15.0 Å². The molecule has 3 aromatic rings. The molecule has 32 heavy (non-hydrogen) atoms. The average molecular weight is 456 g/mol. The van der Waals surface area contributed by atoms with Crippen molar-refractivity contribution in [2.75, 3.05) is 18.4 Å². The number of benzene rings is 2. The first-order valence-electron chi connectivity index (χ1n) is 10.3. The van der Waals surface area contributed by atoms with Gasteiger partial charge in [0.15, 0.2) is 0 Å². The highest BCUT2D eigenvalue weighted by Gasteiger charge is 2.27. The van der Waals surface area contributed by atoms with Crippen LogP contribution in [0.4, 0.5) is 11.4 Å². The van der Waals surface area contributed by atoms with Crippen LogP contribution >= 0.6 is 11.6 Å². The van der Waals surface area contributed by atoms with Gasteiger partial charge in [0.2, 0.25) is 17.6 Å². The zero-order valence-electron chi connectivity index (χ0n) is 17.5. The first-order valence-corrected chi connectivity index (χ1v) is 10.6. The van der Waals surface area contributed by atoms with Crippen LogP contribution < -0.4 is 5.32 Å². The maximum Gasteiger partial charge on any atom is 0.274 e. The topological polar surface area (TPSA) is 114 Å². The molecular formula is C22H22ClN5O4. The second-order valence-electron chi connectivity index (χ2n) is 7.74. The fourth-order valence-electron chi connectivity index (χ4n) is 3.81. The molecule has 0 radical (unpaired) electrons. The minimum Gasteiger partial charge on any atom is -0.338 e. The number of halogens is 1. The number of nitrogens with zero attached hydrogens (tertiary/aromatic N) is 4. The zero-order valence-corrected chi connectivity index (χ0v) is 18.2. The Morgan fingerprint density at radius 2 is 2.00 bits per heavy atom. The van der Waals surface area contributed by atoms with Crippen LogP contribution in [0.15, 0.2) is 47.0 Å². The molecule has 1 amide bonds. The summed E-state index contributed by atoms with van der Waals surface area (Å²) in [7, 11) is 0. The van der Waals surface area contributed by atoms with E-state index in [1.165, 1.54) is 6.07 Å². The van der Waals surface area contributed by atoms with E-state index in [2.05, 4.69) is 20.4 Å². The summed E-state index contributed by atoms with van der Waals surface area (Å²) in [5.41, 5.74) is 1.64. The van der Waals surface area contributed by atoms with Gasteiger partial charge in [0.25, 0.3) is 5.69 Å². The molecule has 1 saturated heterocycles. The van der Waals surface area contributed by atoms with Gasteiger partial charge in [-0.15, -0.1) is 0 Å². The molecule has 0 atom stereocenters. The molecular weight excluding hydrogens is 434 g/mol. The fraction of sp³-hybridized carbons (Fsp3) is 0.318. The van der Waals surface area contributed by atoms with Crippen molar-refractivity contribution < 1.29 is 14.2 Å². The molecule has 0 spiro atoms. The van der Waals surface area contributed by atoms with Crippen LogP contribution in [0.25, 0.3) is 11.4 Å². The highest BCUT2D eigenvalue weighted by atomic mass is 35.5. The number of carbonyl (C=O) groups is 1. The van der Waals surface area contributed by atoms with Crippen LogP contribution in [-0.2, 0) is 11.3 Å². The Balaban J connectivity index is 1.32. The Hall–Kier alpha value is -3.30. The summed E-state index contributed by atoms with van der Waals surface area (Å²) in [5.74, 6) is 0.667. The molecule has 9 nitrogen and oxygen atoms in total. The number of amides is 1. The fourth-order valence-corrected chi connectivity index (χ4v) is 4.03. The van der Waals surface area contributed by atoms with E-state index in [-0.39, 0.29) is 17.5 Å². The van der Waals surface area contributed by atoms with Crippen molar-refractivity contribution in [3.05, 3.63) is 69.1 Å². The van der Waals surface area contributed by atoms with E-state index in [0.29, 0.717) is 60.5 Å². The third kappa shape index (κ3) is 4.79. The number of nitrogens with one attached hydrogen (secondary N) is 1. The lowest BCUT2D eigenvalue weighted by Gasteiger charge is -2.30. The van der Waals surface area contributed by atoms with Gasteiger partial charge in [-0.2, -0.15) is 4.98 Å². The van der Waals surface area contributed by atoms with Crippen molar-refractivity contribution in [2.24, 2.45) is 5.92 Å². The minimum atomic E-state index is -0.446. The van der Waals surface area contributed by atoms with Crippen molar-refractivity contribution in [3.8, 4) is 11.4 Å². The Bertz CT molecular complexity index is 1140. The van der Waals surface area contributed by atoms with Gasteiger partial charge < -0.3 is 9.84 Å². The van der Waals surface area contributed by atoms with Crippen LogP contribution in [0.1, 0.15) is 24.3 Å². The number of aromatic nitrogens is 2. The van der Waals surface area contributed by atoms with Gasteiger partial charge in [0.05, 0.1) is 27.7 Å². The normalized spacial score (nSPS) is 14.9. The Morgan fingerprint density at radius 1 is 1.25 bits per heavy atom. The van der Waals surface area contributed by atoms with E-state index < -0.39 is 4.92 Å². The van der Waals surface area contributed by atoms with Gasteiger partial charge >= 0.3 is 0 Å². The number of hydrogen-bond acceptors (Lipinski definition) is 7. The maximum absolute atomic E-state index is 12.7. The van der Waals surface area contributed by atoms with E-state index in [4.69, 9.17) is 16.1 Å². The number of hydrogen-bond donors (Lipinski definition) is 1. The lowest BCUT2D eigenvalue weighted by Crippen LogP contribution is -2.37. The van der Waals surface area contributed by atoms with Crippen molar-refractivity contribution in [3.63, 3.8) is 0 Å². The number of likely N-dealkylation sites (tertiary alicyclic amines) is 1. The predicted octanol–water partition coefficient (Wildman–Crippen LogP) is 4.46. The summed E-state index contributed by atoms with van der Waals surface area (Å²) in [5, 5.41) is 18.5. The number of piperidine rings is 1. The quantitative estimate of drug-likeness (QED) is 0.431. The molecule has 1 aromatic heterocycles. The second-order valence-corrected chi connectivity index (χ2v) is 8.15. The lowest BCUT2D eigenvalue weighted by atomic mass is 9.95. The molecule has 2 heterocycles. The summed E-state index contributed by atoms with van der Waals surface area (Å²) in [6.45, 7) is 3.54. The smallest absolute Gasteiger partial charge is 0.274 e. The van der Waals surface area contributed by atoms with Crippen LogP contribution in [0.5, 0.6) is 0 Å². The number of anilines is 1. The zero-order chi connectivity index (χ0) is 22.7. The van der Waals surface area contributed by atoms with Gasteiger partial charge in [-0.3, -0.25) is 19.8 Å². The first-order chi connectivity index (χ1) is 15.4. The van der Waals surface area contributed by atoms with Gasteiger partial charge in [0, 0.05) is 17.5 Å². The van der Waals surface area contributed by atoms with Crippen LogP contribution in [-0.4, -0.2) is 39.0 Å². The third-order valence-corrected chi connectivity index (χ3v) is 5.99. The molecule has 0 unspecified atom stereocenters. The number of nitro groups is 1. The largest absolute Gasteiger partial charge is 0.338 e. The van der Waals surface area contributed by atoms with Gasteiger partial charge in [-0.25, -0.2) is 0 Å². The van der Waals surface area contributed by atoms with E-state index in [1.54, 1.807) is 25.1 Å². The van der Waals surface area contributed by atoms with E-state index in [0.717, 1.165) is 5.56 Å². The summed E-state index contributed by atoms with van der Waals surface area (Å²) >= 11 is 6.19. The third-order valence-electron chi connectivity index (χ3n) is 5.66. The van der Waals surface area contributed by atoms with Crippen LogP contribution in [0, 0.1) is 23.0 Å². The van der Waals surface area contributed by atoms with E-state index >= 15 is 0 Å². The molecule has 0 bridgehead atoms. The monoisotopic (exact) mass is 455 g/mol. The van der Waals surface area contributed by atoms with E-state index in [1.807, 2.05) is 18.2 Å². The molecule has 0 saturated carbocycles. The van der Waals surface area contributed by atoms with Gasteiger partial charge in [0.1, 0.15) is 0 Å². The lowest BCUT2D eigenvalue weighted by molar-refractivity contribution is -0.385. The molecule has 2 aromatic carbocycles. The predicted molar refractivity (Wildman–Crippen MR) is 119 cm³/mol. The summed E-state index contributed by atoms with van der Waals surface area (Å²) in [6, 6.07) is 12.0. The van der Waals surface area contributed by atoms with Gasteiger partial charge in [-0.1, -0.05) is 35.0 Å². The Morgan fingerprint density at radius 3 is 2.72 bits per heavy atom. The summed E-state index contributed by atoms with van der Waals surface area (Å²) < 4.78 is 5.38. The second kappa shape index (κ2) is 9.46. The molecule has 10 heteroatoms. The molecule has 4 rings (SSSR count). The summed E-state index contributed by atoms with van der Waals surface area (Å²) in [6.07, 6.45) is 1.34. The molecule has 0 aliphatic carbocycles. The molecule has 166 valence electrons. The average Bonchev–Trinajstić information content (AvgIpc) is 3.24. The maximum atomic E-state index is 12.7. The van der Waals surface area contributed by atoms with E-state index in [9.17, 15) is 14.9 Å². The number of rotatable bonds is 6. The highest BCUT2D eigenvalue weighted by molar-refractivity contribution is 6.33. The first kappa shape index (κ1) is 21.9. The molecule has 1 aliphatic heterocycles. The Labute approximate surface area is 189 Å². The van der Waals surface area contributed by atoms with Gasteiger partial charge in [-0.05, 0) is 51.1 Å². The van der Waals surface area contributed by atoms with Crippen molar-refractivity contribution >= 4 is 28.9 Å². The molecule has 1 fully saturated rings. The SMILES string of the molecule is Cc1c(NC(=O)C2CCN(Cc3nc(-c4ccccc4Cl)no3)CC2)cccc1[N+](=O)[O-].